The molecule has 0 aliphatic heterocycles. The highest BCUT2D eigenvalue weighted by molar-refractivity contribution is 7.99. The van der Waals surface area contributed by atoms with Crippen LogP contribution in [0, 0.1) is 0 Å². The van der Waals surface area contributed by atoms with E-state index in [1.807, 2.05) is 48.5 Å². The lowest BCUT2D eigenvalue weighted by molar-refractivity contribution is -0.274. The predicted molar refractivity (Wildman–Crippen MR) is 108 cm³/mol. The van der Waals surface area contributed by atoms with Gasteiger partial charge in [0.05, 0.1) is 6.04 Å². The molecule has 0 aromatic heterocycles. The van der Waals surface area contributed by atoms with E-state index < -0.39 is 12.4 Å². The summed E-state index contributed by atoms with van der Waals surface area (Å²) in [6.07, 6.45) is -4.72. The van der Waals surface area contributed by atoms with Gasteiger partial charge >= 0.3 is 6.36 Å². The fourth-order valence-corrected chi connectivity index (χ4v) is 3.63. The van der Waals surface area contributed by atoms with Gasteiger partial charge in [-0.25, -0.2) is 0 Å². The Labute approximate surface area is 176 Å². The van der Waals surface area contributed by atoms with Gasteiger partial charge < -0.3 is 10.5 Å². The van der Waals surface area contributed by atoms with E-state index >= 15 is 0 Å². The molecule has 0 aliphatic rings. The predicted octanol–water partition coefficient (Wildman–Crippen LogP) is 6.86. The van der Waals surface area contributed by atoms with E-state index in [9.17, 15) is 13.2 Å². The molecular formula is C20H16Cl2F3NOS. The molecule has 0 heterocycles. The normalized spacial score (nSPS) is 12.2. The van der Waals surface area contributed by atoms with Crippen LogP contribution in [-0.4, -0.2) is 6.36 Å². The van der Waals surface area contributed by atoms with Crippen molar-refractivity contribution in [3.63, 3.8) is 0 Å². The highest BCUT2D eigenvalue weighted by atomic mass is 35.5. The third kappa shape index (κ3) is 6.07. The third-order valence-electron chi connectivity index (χ3n) is 3.77. The Morgan fingerprint density at radius 3 is 2.11 bits per heavy atom. The van der Waals surface area contributed by atoms with Crippen molar-refractivity contribution in [2.24, 2.45) is 5.73 Å². The molecule has 3 rings (SSSR count). The summed E-state index contributed by atoms with van der Waals surface area (Å²) in [7, 11) is 0. The fourth-order valence-electron chi connectivity index (χ4n) is 2.52. The molecule has 1 atom stereocenters. The van der Waals surface area contributed by atoms with Crippen LogP contribution in [0.5, 0.6) is 5.75 Å². The molecule has 0 aliphatic carbocycles. The number of benzene rings is 3. The summed E-state index contributed by atoms with van der Waals surface area (Å²) in [6, 6.07) is 20.2. The second kappa shape index (κ2) is 9.56. The number of hydrogen-bond donors (Lipinski definition) is 1. The number of halogens is 5. The van der Waals surface area contributed by atoms with Crippen molar-refractivity contribution in [3.05, 3.63) is 88.9 Å². The SMILES string of the molecule is Cl.N[C@H](c1ccc(OC(F)(F)F)cc1)c1ccccc1Sc1ccc(Cl)cc1. The lowest BCUT2D eigenvalue weighted by atomic mass is 9.99. The van der Waals surface area contributed by atoms with Gasteiger partial charge in [-0.1, -0.05) is 53.7 Å². The van der Waals surface area contributed by atoms with Crippen molar-refractivity contribution >= 4 is 35.8 Å². The number of rotatable bonds is 5. The van der Waals surface area contributed by atoms with Gasteiger partial charge in [-0.2, -0.15) is 0 Å². The first-order chi connectivity index (χ1) is 12.8. The first-order valence-electron chi connectivity index (χ1n) is 7.95. The van der Waals surface area contributed by atoms with Gasteiger partial charge in [0, 0.05) is 14.8 Å². The van der Waals surface area contributed by atoms with Crippen molar-refractivity contribution in [1.29, 1.82) is 0 Å². The van der Waals surface area contributed by atoms with Gasteiger partial charge in [0.25, 0.3) is 0 Å². The summed E-state index contributed by atoms with van der Waals surface area (Å²) in [5, 5.41) is 0.658. The maximum Gasteiger partial charge on any atom is 0.573 e. The highest BCUT2D eigenvalue weighted by Gasteiger charge is 2.31. The number of alkyl halides is 3. The molecule has 0 fully saturated rings. The Bertz CT molecular complexity index is 903. The van der Waals surface area contributed by atoms with E-state index in [1.54, 1.807) is 11.8 Å². The third-order valence-corrected chi connectivity index (χ3v) is 5.12. The van der Waals surface area contributed by atoms with E-state index in [2.05, 4.69) is 4.74 Å². The Hall–Kier alpha value is -1.86. The monoisotopic (exact) mass is 445 g/mol. The summed E-state index contributed by atoms with van der Waals surface area (Å²) < 4.78 is 40.8. The average Bonchev–Trinajstić information content (AvgIpc) is 2.63. The standard InChI is InChI=1S/C20H15ClF3NOS.ClH/c21-14-7-11-16(12-8-14)27-18-4-2-1-3-17(18)19(25)13-5-9-15(10-6-13)26-20(22,23)24;/h1-12,19H,25H2;1H/t19-;/m1./s1. The Morgan fingerprint density at radius 2 is 1.50 bits per heavy atom. The first-order valence-corrected chi connectivity index (χ1v) is 9.15. The quantitative estimate of drug-likeness (QED) is 0.465. The van der Waals surface area contributed by atoms with E-state index in [0.717, 1.165) is 15.4 Å². The van der Waals surface area contributed by atoms with Gasteiger partial charge in [0.1, 0.15) is 5.75 Å². The van der Waals surface area contributed by atoms with Crippen molar-refractivity contribution in [2.45, 2.75) is 22.2 Å². The zero-order valence-corrected chi connectivity index (χ0v) is 16.7. The Morgan fingerprint density at radius 1 is 0.893 bits per heavy atom. The molecule has 3 aromatic rings. The minimum atomic E-state index is -4.72. The maximum absolute atomic E-state index is 12.3. The molecule has 2 nitrogen and oxygen atoms in total. The molecule has 0 unspecified atom stereocenters. The lowest BCUT2D eigenvalue weighted by Crippen LogP contribution is -2.17. The number of nitrogens with two attached hydrogens (primary N) is 1. The smallest absolute Gasteiger partial charge is 0.406 e. The second-order valence-electron chi connectivity index (χ2n) is 5.69. The molecule has 3 aromatic carbocycles. The molecule has 0 amide bonds. The van der Waals surface area contributed by atoms with Crippen molar-refractivity contribution in [2.75, 3.05) is 0 Å². The van der Waals surface area contributed by atoms with Crippen LogP contribution in [-0.2, 0) is 0 Å². The van der Waals surface area contributed by atoms with Gasteiger partial charge in [0.15, 0.2) is 0 Å². The molecule has 28 heavy (non-hydrogen) atoms. The summed E-state index contributed by atoms with van der Waals surface area (Å²) in [5.41, 5.74) is 7.94. The van der Waals surface area contributed by atoms with Crippen molar-refractivity contribution < 1.29 is 17.9 Å². The van der Waals surface area contributed by atoms with Gasteiger partial charge in [-0.05, 0) is 53.6 Å². The van der Waals surface area contributed by atoms with E-state index in [0.29, 0.717) is 10.6 Å². The molecular weight excluding hydrogens is 430 g/mol. The molecule has 0 bridgehead atoms. The van der Waals surface area contributed by atoms with E-state index in [1.165, 1.54) is 24.3 Å². The van der Waals surface area contributed by atoms with Crippen LogP contribution >= 0.6 is 35.8 Å². The molecule has 0 spiro atoms. The minimum absolute atomic E-state index is 0. The Kier molecular flexibility index (Phi) is 7.66. The zero-order chi connectivity index (χ0) is 19.4. The van der Waals surface area contributed by atoms with Crippen molar-refractivity contribution in [3.8, 4) is 5.75 Å². The molecule has 0 saturated heterocycles. The highest BCUT2D eigenvalue weighted by Crippen LogP contribution is 2.35. The molecule has 148 valence electrons. The van der Waals surface area contributed by atoms with Crippen LogP contribution in [0.25, 0.3) is 0 Å². The second-order valence-corrected chi connectivity index (χ2v) is 7.24. The van der Waals surface area contributed by atoms with Crippen LogP contribution in [0.2, 0.25) is 5.02 Å². The molecule has 8 heteroatoms. The molecule has 0 saturated carbocycles. The number of ether oxygens (including phenoxy) is 1. The summed E-state index contributed by atoms with van der Waals surface area (Å²) >= 11 is 7.46. The summed E-state index contributed by atoms with van der Waals surface area (Å²) in [6.45, 7) is 0. The maximum atomic E-state index is 12.3. The lowest BCUT2D eigenvalue weighted by Gasteiger charge is -2.17. The minimum Gasteiger partial charge on any atom is -0.406 e. The van der Waals surface area contributed by atoms with E-state index in [-0.39, 0.29) is 18.2 Å². The van der Waals surface area contributed by atoms with Crippen LogP contribution in [0.15, 0.2) is 82.6 Å². The molecule has 0 radical (unpaired) electrons. The van der Waals surface area contributed by atoms with Crippen molar-refractivity contribution in [1.82, 2.24) is 0 Å². The number of hydrogen-bond acceptors (Lipinski definition) is 3. The molecule has 2 N–H and O–H groups in total. The first kappa shape index (κ1) is 22.4. The topological polar surface area (TPSA) is 35.2 Å². The summed E-state index contributed by atoms with van der Waals surface area (Å²) in [4.78, 5) is 1.97. The largest absolute Gasteiger partial charge is 0.573 e. The van der Waals surface area contributed by atoms with Gasteiger partial charge in [-0.3, -0.25) is 0 Å². The Balaban J connectivity index is 0.00000280. The van der Waals surface area contributed by atoms with Gasteiger partial charge in [-0.15, -0.1) is 25.6 Å². The van der Waals surface area contributed by atoms with Gasteiger partial charge in [0.2, 0.25) is 0 Å². The fraction of sp³-hybridized carbons (Fsp3) is 0.100. The van der Waals surface area contributed by atoms with E-state index in [4.69, 9.17) is 17.3 Å². The summed E-state index contributed by atoms with van der Waals surface area (Å²) in [5.74, 6) is -0.276. The average molecular weight is 446 g/mol. The zero-order valence-electron chi connectivity index (χ0n) is 14.3. The van der Waals surface area contributed by atoms with Crippen LogP contribution < -0.4 is 10.5 Å². The van der Waals surface area contributed by atoms with Crippen LogP contribution in [0.3, 0.4) is 0 Å². The van der Waals surface area contributed by atoms with Crippen LogP contribution in [0.4, 0.5) is 13.2 Å². The van der Waals surface area contributed by atoms with Crippen LogP contribution in [0.1, 0.15) is 17.2 Å².